The quantitative estimate of drug-likeness (QED) is 0.526. The van der Waals surface area contributed by atoms with Gasteiger partial charge in [0.1, 0.15) is 12.1 Å². The van der Waals surface area contributed by atoms with Crippen molar-refractivity contribution in [2.75, 3.05) is 0 Å². The molecule has 0 amide bonds. The molecule has 0 atom stereocenters. The van der Waals surface area contributed by atoms with Gasteiger partial charge in [0.2, 0.25) is 0 Å². The van der Waals surface area contributed by atoms with Gasteiger partial charge in [-0.05, 0) is 45.0 Å². The van der Waals surface area contributed by atoms with E-state index in [1.165, 1.54) is 0 Å². The summed E-state index contributed by atoms with van der Waals surface area (Å²) in [5.74, 6) is 0. The Kier molecular flexibility index (Phi) is 2.32. The zero-order chi connectivity index (χ0) is 9.35. The molecule has 0 aliphatic rings. The highest BCUT2D eigenvalue weighted by Crippen LogP contribution is 1.99. The van der Waals surface area contributed by atoms with E-state index in [-0.39, 0.29) is 5.54 Å². The molecule has 1 heterocycles. The second kappa shape index (κ2) is 2.97. The van der Waals surface area contributed by atoms with Gasteiger partial charge in [-0.2, -0.15) is 0 Å². The van der Waals surface area contributed by atoms with Crippen molar-refractivity contribution in [1.82, 2.24) is 15.0 Å². The van der Waals surface area contributed by atoms with Gasteiger partial charge in [0.05, 0.1) is 0 Å². The maximum absolute atomic E-state index is 5.04. The van der Waals surface area contributed by atoms with Crippen molar-refractivity contribution >= 4 is 12.2 Å². The number of tetrazole rings is 1. The lowest BCUT2D eigenvalue weighted by atomic mass is 10.1. The summed E-state index contributed by atoms with van der Waals surface area (Å²) >= 11 is 5.04. The number of aryl methyl sites for hydroxylation is 1. The fourth-order valence-corrected chi connectivity index (χ4v) is 1.08. The van der Waals surface area contributed by atoms with Gasteiger partial charge in [-0.3, -0.25) is 0 Å². The summed E-state index contributed by atoms with van der Waals surface area (Å²) in [6.07, 6.45) is 0. The Hall–Kier alpha value is -0.710. The van der Waals surface area contributed by atoms with Gasteiger partial charge in [0, 0.05) is 0 Å². The van der Waals surface area contributed by atoms with Gasteiger partial charge in [-0.15, -0.1) is 4.68 Å². The molecule has 68 valence electrons. The van der Waals surface area contributed by atoms with Crippen molar-refractivity contribution in [2.24, 2.45) is 0 Å². The van der Waals surface area contributed by atoms with Gasteiger partial charge in [-0.1, -0.05) is 10.0 Å². The van der Waals surface area contributed by atoms with Crippen LogP contribution in [0.4, 0.5) is 0 Å². The molecule has 1 N–H and O–H groups in total. The molecule has 1 aromatic rings. The summed E-state index contributed by atoms with van der Waals surface area (Å²) in [6, 6.07) is 0. The first-order valence-corrected chi connectivity index (χ1v) is 4.45. The maximum Gasteiger partial charge on any atom is 0.347 e. The molecule has 0 saturated heterocycles. The van der Waals surface area contributed by atoms with Crippen LogP contribution >= 0.6 is 12.2 Å². The van der Waals surface area contributed by atoms with Gasteiger partial charge in [0.15, 0.2) is 0 Å². The summed E-state index contributed by atoms with van der Waals surface area (Å²) in [5, 5.41) is 7.28. The zero-order valence-corrected chi connectivity index (χ0v) is 8.77. The molecular weight excluding hydrogens is 172 g/mol. The van der Waals surface area contributed by atoms with Gasteiger partial charge >= 0.3 is 4.77 Å². The summed E-state index contributed by atoms with van der Waals surface area (Å²) < 4.78 is 2.44. The van der Waals surface area contributed by atoms with Crippen molar-refractivity contribution in [2.45, 2.75) is 39.8 Å². The molecule has 4 nitrogen and oxygen atoms in total. The second-order valence-corrected chi connectivity index (χ2v) is 4.07. The van der Waals surface area contributed by atoms with Crippen molar-refractivity contribution in [3.63, 3.8) is 0 Å². The number of nitrogens with zero attached hydrogens (tertiary/aromatic N) is 3. The minimum absolute atomic E-state index is 0.0338. The molecule has 0 saturated carbocycles. The largest absolute Gasteiger partial charge is 0.347 e. The summed E-state index contributed by atoms with van der Waals surface area (Å²) in [6.45, 7) is 9.08. The Bertz CT molecular complexity index is 317. The highest BCUT2D eigenvalue weighted by molar-refractivity contribution is 7.71. The molecular formula is C7H15N4S+. The normalized spacial score (nSPS) is 12.0. The number of aromatic amines is 1. The monoisotopic (exact) mass is 187 g/mol. The smallest absolute Gasteiger partial charge is 0.131 e. The van der Waals surface area contributed by atoms with E-state index in [1.807, 2.05) is 11.6 Å². The average molecular weight is 187 g/mol. The van der Waals surface area contributed by atoms with Gasteiger partial charge < -0.3 is 0 Å². The lowest BCUT2D eigenvalue weighted by Gasteiger charge is -2.09. The van der Waals surface area contributed by atoms with Crippen LogP contribution in [0.3, 0.4) is 0 Å². The molecule has 0 aliphatic heterocycles. The highest BCUT2D eigenvalue weighted by Gasteiger charge is 2.22. The summed E-state index contributed by atoms with van der Waals surface area (Å²) in [5.41, 5.74) is -0.0338. The van der Waals surface area contributed by atoms with Crippen molar-refractivity contribution in [1.29, 1.82) is 0 Å². The first-order chi connectivity index (χ1) is 5.45. The van der Waals surface area contributed by atoms with E-state index in [1.54, 1.807) is 4.80 Å². The minimum atomic E-state index is -0.0338. The number of nitrogens with one attached hydrogen (secondary N) is 1. The Morgan fingerprint density at radius 2 is 2.17 bits per heavy atom. The van der Waals surface area contributed by atoms with E-state index >= 15 is 0 Å². The third-order valence-electron chi connectivity index (χ3n) is 1.58. The topological polar surface area (TPSA) is 37.5 Å². The molecule has 0 bridgehead atoms. The molecule has 0 fully saturated rings. The molecule has 0 aliphatic carbocycles. The van der Waals surface area contributed by atoms with E-state index in [9.17, 15) is 0 Å². The maximum atomic E-state index is 5.04. The standard InChI is InChI=1S/C7H14N4S/c1-5-10-6(12)8-11(9-10)7(2,3)4/h5H2,1-4H3/p+1. The summed E-state index contributed by atoms with van der Waals surface area (Å²) in [4.78, 5) is 1.78. The number of hydrogen-bond donors (Lipinski definition) is 1. The van der Waals surface area contributed by atoms with E-state index in [4.69, 9.17) is 12.2 Å². The molecule has 12 heavy (non-hydrogen) atoms. The van der Waals surface area contributed by atoms with Crippen LogP contribution in [-0.4, -0.2) is 15.0 Å². The Morgan fingerprint density at radius 3 is 2.42 bits per heavy atom. The SMILES string of the molecule is CCn1[nH][n+](C(C)(C)C)nc1=S. The third kappa shape index (κ3) is 1.72. The fourth-order valence-electron chi connectivity index (χ4n) is 0.825. The van der Waals surface area contributed by atoms with Crippen molar-refractivity contribution in [3.05, 3.63) is 4.77 Å². The fraction of sp³-hybridized carbons (Fsp3) is 0.857. The van der Waals surface area contributed by atoms with Crippen molar-refractivity contribution in [3.8, 4) is 0 Å². The first-order valence-electron chi connectivity index (χ1n) is 4.05. The lowest BCUT2D eigenvalue weighted by molar-refractivity contribution is -0.854. The lowest BCUT2D eigenvalue weighted by Crippen LogP contribution is -2.54. The molecule has 1 aromatic heterocycles. The van der Waals surface area contributed by atoms with Crippen LogP contribution in [-0.2, 0) is 12.1 Å². The van der Waals surface area contributed by atoms with Gasteiger partial charge in [-0.25, -0.2) is 0 Å². The van der Waals surface area contributed by atoms with Crippen molar-refractivity contribution < 1.29 is 4.80 Å². The number of hydrogen-bond acceptors (Lipinski definition) is 2. The second-order valence-electron chi connectivity index (χ2n) is 3.71. The number of rotatable bonds is 1. The number of aromatic nitrogens is 4. The third-order valence-corrected chi connectivity index (χ3v) is 1.89. The van der Waals surface area contributed by atoms with E-state index in [0.717, 1.165) is 6.54 Å². The van der Waals surface area contributed by atoms with Crippen LogP contribution in [0.1, 0.15) is 27.7 Å². The average Bonchev–Trinajstić information content (AvgIpc) is 2.29. The van der Waals surface area contributed by atoms with E-state index in [0.29, 0.717) is 4.77 Å². The number of H-pyrrole nitrogens is 1. The minimum Gasteiger partial charge on any atom is -0.131 e. The Balaban J connectivity index is 3.14. The van der Waals surface area contributed by atoms with Crippen LogP contribution in [0.25, 0.3) is 0 Å². The van der Waals surface area contributed by atoms with E-state index in [2.05, 4.69) is 31.1 Å². The molecule has 0 unspecified atom stereocenters. The van der Waals surface area contributed by atoms with Crippen LogP contribution in [0.15, 0.2) is 0 Å². The van der Waals surface area contributed by atoms with Crippen LogP contribution in [0.2, 0.25) is 0 Å². The Labute approximate surface area is 77.2 Å². The predicted molar refractivity (Wildman–Crippen MR) is 48.3 cm³/mol. The van der Waals surface area contributed by atoms with Crippen LogP contribution < -0.4 is 4.80 Å². The highest BCUT2D eigenvalue weighted by atomic mass is 32.1. The molecule has 0 radical (unpaired) electrons. The molecule has 5 heteroatoms. The summed E-state index contributed by atoms with van der Waals surface area (Å²) in [7, 11) is 0. The first kappa shape index (κ1) is 9.38. The molecule has 0 spiro atoms. The molecule has 0 aromatic carbocycles. The van der Waals surface area contributed by atoms with Gasteiger partial charge in [0.25, 0.3) is 0 Å². The predicted octanol–water partition coefficient (Wildman–Crippen LogP) is 1.00. The zero-order valence-electron chi connectivity index (χ0n) is 7.96. The Morgan fingerprint density at radius 1 is 1.58 bits per heavy atom. The van der Waals surface area contributed by atoms with Crippen LogP contribution in [0.5, 0.6) is 0 Å². The van der Waals surface area contributed by atoms with E-state index < -0.39 is 0 Å². The molecule has 1 rings (SSSR count). The van der Waals surface area contributed by atoms with Crippen LogP contribution in [0, 0.1) is 4.77 Å².